The molecule has 0 aliphatic heterocycles. The second kappa shape index (κ2) is 8.47. The van der Waals surface area contributed by atoms with Gasteiger partial charge in [0, 0.05) is 5.56 Å². The van der Waals surface area contributed by atoms with Gasteiger partial charge in [0.25, 0.3) is 5.91 Å². The maximum atomic E-state index is 12.3. The van der Waals surface area contributed by atoms with E-state index < -0.39 is 0 Å². The van der Waals surface area contributed by atoms with Crippen molar-refractivity contribution in [3.63, 3.8) is 0 Å². The lowest BCUT2D eigenvalue weighted by molar-refractivity contribution is -0.123. The van der Waals surface area contributed by atoms with Crippen LogP contribution in [-0.2, 0) is 11.2 Å². The molecule has 0 aliphatic rings. The third kappa shape index (κ3) is 5.45. The molecule has 4 nitrogen and oxygen atoms in total. The van der Waals surface area contributed by atoms with E-state index in [1.807, 2.05) is 38.1 Å². The zero-order valence-electron chi connectivity index (χ0n) is 15.3. The minimum atomic E-state index is -0.342. The second-order valence-electron chi connectivity index (χ2n) is 6.87. The number of aryl methyl sites for hydroxylation is 1. The molecule has 1 atom stereocenters. The first-order valence-corrected chi connectivity index (χ1v) is 8.62. The minimum Gasteiger partial charge on any atom is -0.273 e. The monoisotopic (exact) mass is 338 g/mol. The number of nitrogens with one attached hydrogen (secondary N) is 2. The molecular formula is C21H26N2O2. The topological polar surface area (TPSA) is 58.2 Å². The van der Waals surface area contributed by atoms with E-state index in [1.165, 1.54) is 5.56 Å². The Morgan fingerprint density at radius 1 is 0.960 bits per heavy atom. The summed E-state index contributed by atoms with van der Waals surface area (Å²) in [7, 11) is 0. The average Bonchev–Trinajstić information content (AvgIpc) is 2.59. The van der Waals surface area contributed by atoms with Crippen LogP contribution in [0.3, 0.4) is 0 Å². The molecule has 2 aromatic carbocycles. The molecule has 1 unspecified atom stereocenters. The number of hydrazine groups is 1. The normalized spacial score (nSPS) is 11.9. The van der Waals surface area contributed by atoms with Crippen molar-refractivity contribution >= 4 is 11.8 Å². The van der Waals surface area contributed by atoms with Gasteiger partial charge in [-0.2, -0.15) is 0 Å². The van der Waals surface area contributed by atoms with Gasteiger partial charge in [-0.3, -0.25) is 20.4 Å². The van der Waals surface area contributed by atoms with Crippen LogP contribution in [0, 0.1) is 12.8 Å². The number of rotatable bonds is 5. The van der Waals surface area contributed by atoms with Gasteiger partial charge in [-0.25, -0.2) is 0 Å². The molecule has 2 amide bonds. The Labute approximate surface area is 149 Å². The Morgan fingerprint density at radius 3 is 2.24 bits per heavy atom. The lowest BCUT2D eigenvalue weighted by atomic mass is 9.96. The Kier molecular flexibility index (Phi) is 6.34. The summed E-state index contributed by atoms with van der Waals surface area (Å²) in [6, 6.07) is 15.3. The quantitative estimate of drug-likeness (QED) is 0.816. The summed E-state index contributed by atoms with van der Waals surface area (Å²) in [5.41, 5.74) is 8.69. The molecule has 0 aromatic heterocycles. The van der Waals surface area contributed by atoms with Crippen molar-refractivity contribution in [1.29, 1.82) is 0 Å². The number of carbonyl (C=O) groups is 2. The van der Waals surface area contributed by atoms with Gasteiger partial charge in [-0.05, 0) is 49.4 Å². The van der Waals surface area contributed by atoms with E-state index in [4.69, 9.17) is 0 Å². The van der Waals surface area contributed by atoms with Crippen LogP contribution in [0.15, 0.2) is 48.5 Å². The fourth-order valence-electron chi connectivity index (χ4n) is 2.65. The highest BCUT2D eigenvalue weighted by Crippen LogP contribution is 2.17. The van der Waals surface area contributed by atoms with Crippen molar-refractivity contribution in [1.82, 2.24) is 10.9 Å². The maximum absolute atomic E-state index is 12.3. The summed E-state index contributed by atoms with van der Waals surface area (Å²) in [5.74, 6) is -0.302. The van der Waals surface area contributed by atoms with Crippen LogP contribution in [0.25, 0.3) is 0 Å². The van der Waals surface area contributed by atoms with E-state index in [1.54, 1.807) is 12.1 Å². The van der Waals surface area contributed by atoms with Gasteiger partial charge in [0.1, 0.15) is 0 Å². The van der Waals surface area contributed by atoms with Gasteiger partial charge in [0.05, 0.1) is 5.92 Å². The van der Waals surface area contributed by atoms with Crippen molar-refractivity contribution in [3.05, 3.63) is 70.8 Å². The van der Waals surface area contributed by atoms with Gasteiger partial charge in [-0.15, -0.1) is 0 Å². The second-order valence-corrected chi connectivity index (χ2v) is 6.87. The SMILES string of the molecule is Cc1cccc(C(=O)NNC(=O)C(C)c2ccc(CC(C)C)cc2)c1. The van der Waals surface area contributed by atoms with E-state index >= 15 is 0 Å². The van der Waals surface area contributed by atoms with E-state index in [0.29, 0.717) is 11.5 Å². The Bertz CT molecular complexity index is 736. The van der Waals surface area contributed by atoms with Crippen molar-refractivity contribution < 1.29 is 9.59 Å². The summed E-state index contributed by atoms with van der Waals surface area (Å²) in [6.45, 7) is 8.10. The molecule has 0 spiro atoms. The van der Waals surface area contributed by atoms with Crippen LogP contribution in [0.1, 0.15) is 53.7 Å². The molecule has 2 aromatic rings. The summed E-state index contributed by atoms with van der Waals surface area (Å²) < 4.78 is 0. The number of carbonyl (C=O) groups excluding carboxylic acids is 2. The zero-order chi connectivity index (χ0) is 18.4. The Balaban J connectivity index is 1.92. The molecule has 0 heterocycles. The fraction of sp³-hybridized carbons (Fsp3) is 0.333. The molecule has 25 heavy (non-hydrogen) atoms. The van der Waals surface area contributed by atoms with Crippen molar-refractivity contribution in [2.24, 2.45) is 5.92 Å². The molecule has 0 aliphatic carbocycles. The van der Waals surface area contributed by atoms with Crippen LogP contribution < -0.4 is 10.9 Å². The number of hydrogen-bond acceptors (Lipinski definition) is 2. The first kappa shape index (κ1) is 18.7. The van der Waals surface area contributed by atoms with Gasteiger partial charge < -0.3 is 0 Å². The van der Waals surface area contributed by atoms with E-state index in [9.17, 15) is 9.59 Å². The predicted octanol–water partition coefficient (Wildman–Crippen LogP) is 3.76. The van der Waals surface area contributed by atoms with Gasteiger partial charge in [-0.1, -0.05) is 55.8 Å². The third-order valence-corrected chi connectivity index (χ3v) is 4.10. The van der Waals surface area contributed by atoms with Crippen LogP contribution in [0.4, 0.5) is 0 Å². The van der Waals surface area contributed by atoms with Crippen molar-refractivity contribution in [2.45, 2.75) is 40.0 Å². The molecule has 132 valence electrons. The smallest absolute Gasteiger partial charge is 0.269 e. The average molecular weight is 338 g/mol. The van der Waals surface area contributed by atoms with E-state index in [2.05, 4.69) is 36.8 Å². The first-order chi connectivity index (χ1) is 11.9. The van der Waals surface area contributed by atoms with Crippen LogP contribution in [0.5, 0.6) is 0 Å². The standard InChI is InChI=1S/C21H26N2O2/c1-14(2)12-17-8-10-18(11-9-17)16(4)20(24)22-23-21(25)19-7-5-6-15(3)13-19/h5-11,13-14,16H,12H2,1-4H3,(H,22,24)(H,23,25). The summed E-state index contributed by atoms with van der Waals surface area (Å²) in [5, 5.41) is 0. The third-order valence-electron chi connectivity index (χ3n) is 4.10. The van der Waals surface area contributed by atoms with Gasteiger partial charge >= 0.3 is 0 Å². The molecule has 0 fully saturated rings. The lowest BCUT2D eigenvalue weighted by Crippen LogP contribution is -2.43. The Hall–Kier alpha value is -2.62. The maximum Gasteiger partial charge on any atom is 0.269 e. The highest BCUT2D eigenvalue weighted by molar-refractivity contribution is 5.96. The summed E-state index contributed by atoms with van der Waals surface area (Å²) in [6.07, 6.45) is 1.02. The predicted molar refractivity (Wildman–Crippen MR) is 100 cm³/mol. The lowest BCUT2D eigenvalue weighted by Gasteiger charge is -2.14. The molecule has 0 saturated heterocycles. The molecule has 4 heteroatoms. The zero-order valence-corrected chi connectivity index (χ0v) is 15.3. The summed E-state index contributed by atoms with van der Waals surface area (Å²) >= 11 is 0. The molecule has 0 saturated carbocycles. The van der Waals surface area contributed by atoms with E-state index in [0.717, 1.165) is 17.5 Å². The minimum absolute atomic E-state index is 0.238. The van der Waals surface area contributed by atoms with Crippen molar-refractivity contribution in [3.8, 4) is 0 Å². The molecule has 2 rings (SSSR count). The highest BCUT2D eigenvalue weighted by atomic mass is 16.2. The molecule has 0 bridgehead atoms. The largest absolute Gasteiger partial charge is 0.273 e. The number of hydrogen-bond donors (Lipinski definition) is 2. The van der Waals surface area contributed by atoms with Crippen molar-refractivity contribution in [2.75, 3.05) is 0 Å². The molecule has 2 N–H and O–H groups in total. The Morgan fingerprint density at radius 2 is 1.64 bits per heavy atom. The number of benzene rings is 2. The van der Waals surface area contributed by atoms with Crippen LogP contribution >= 0.6 is 0 Å². The molecule has 0 radical (unpaired) electrons. The van der Waals surface area contributed by atoms with Gasteiger partial charge in [0.2, 0.25) is 5.91 Å². The summed E-state index contributed by atoms with van der Waals surface area (Å²) in [4.78, 5) is 24.4. The van der Waals surface area contributed by atoms with Gasteiger partial charge in [0.15, 0.2) is 0 Å². The fourth-order valence-corrected chi connectivity index (χ4v) is 2.65. The number of amides is 2. The molecular weight excluding hydrogens is 312 g/mol. The van der Waals surface area contributed by atoms with E-state index in [-0.39, 0.29) is 17.7 Å². The first-order valence-electron chi connectivity index (χ1n) is 8.62. The van der Waals surface area contributed by atoms with Crippen LogP contribution in [0.2, 0.25) is 0 Å². The van der Waals surface area contributed by atoms with Crippen LogP contribution in [-0.4, -0.2) is 11.8 Å². The highest BCUT2D eigenvalue weighted by Gasteiger charge is 2.16.